The lowest BCUT2D eigenvalue weighted by Crippen LogP contribution is -2.30. The molecule has 1 heterocycles. The Labute approximate surface area is 131 Å². The summed E-state index contributed by atoms with van der Waals surface area (Å²) >= 11 is 11.8. The van der Waals surface area contributed by atoms with Gasteiger partial charge in [-0.05, 0) is 50.3 Å². The zero-order chi connectivity index (χ0) is 13.0. The molecule has 1 amide bonds. The van der Waals surface area contributed by atoms with Gasteiger partial charge in [-0.15, -0.1) is 11.3 Å². The summed E-state index contributed by atoms with van der Waals surface area (Å²) in [7, 11) is 0. The molecular formula is C11H14Br3NOS. The molecule has 6 heteroatoms. The Hall–Kier alpha value is 0.610. The number of carbonyl (C=O) groups excluding carboxylic acids is 1. The third-order valence-corrected chi connectivity index (χ3v) is 5.15. The Balaban J connectivity index is 2.47. The van der Waals surface area contributed by atoms with E-state index in [1.807, 2.05) is 6.07 Å². The summed E-state index contributed by atoms with van der Waals surface area (Å²) in [5.74, 6) is 0.588. The number of thiophene rings is 1. The molecule has 96 valence electrons. The van der Waals surface area contributed by atoms with E-state index in [1.54, 1.807) is 0 Å². The minimum Gasteiger partial charge on any atom is -0.351 e. The van der Waals surface area contributed by atoms with E-state index in [9.17, 15) is 4.79 Å². The smallest absolute Gasteiger partial charge is 0.253 e. The Morgan fingerprint density at radius 3 is 2.59 bits per heavy atom. The van der Waals surface area contributed by atoms with Gasteiger partial charge in [-0.25, -0.2) is 0 Å². The summed E-state index contributed by atoms with van der Waals surface area (Å²) in [6, 6.07) is 1.83. The first-order chi connectivity index (χ1) is 7.90. The van der Waals surface area contributed by atoms with Crippen LogP contribution in [0.4, 0.5) is 0 Å². The van der Waals surface area contributed by atoms with Crippen LogP contribution in [-0.4, -0.2) is 17.3 Å². The highest BCUT2D eigenvalue weighted by molar-refractivity contribution is 9.12. The van der Waals surface area contributed by atoms with Gasteiger partial charge in [0.15, 0.2) is 0 Å². The topological polar surface area (TPSA) is 29.1 Å². The van der Waals surface area contributed by atoms with Crippen molar-refractivity contribution < 1.29 is 4.79 Å². The van der Waals surface area contributed by atoms with Crippen LogP contribution in [0.2, 0.25) is 0 Å². The van der Waals surface area contributed by atoms with Crippen molar-refractivity contribution >= 4 is 65.0 Å². The summed E-state index contributed by atoms with van der Waals surface area (Å²) in [5.41, 5.74) is 0.686. The van der Waals surface area contributed by atoms with Gasteiger partial charge in [-0.3, -0.25) is 4.79 Å². The van der Waals surface area contributed by atoms with Crippen molar-refractivity contribution in [2.24, 2.45) is 5.92 Å². The number of hydrogen-bond donors (Lipinski definition) is 1. The lowest BCUT2D eigenvalue weighted by Gasteiger charge is -2.13. The quantitative estimate of drug-likeness (QED) is 0.644. The van der Waals surface area contributed by atoms with Crippen LogP contribution in [0.3, 0.4) is 0 Å². The van der Waals surface area contributed by atoms with Crippen LogP contribution in [-0.2, 0) is 0 Å². The molecule has 1 rings (SSSR count). The molecule has 0 aliphatic rings. The normalized spacial score (nSPS) is 12.8. The zero-order valence-electron chi connectivity index (χ0n) is 9.60. The highest BCUT2D eigenvalue weighted by Crippen LogP contribution is 2.31. The first-order valence-electron chi connectivity index (χ1n) is 5.27. The summed E-state index contributed by atoms with van der Waals surface area (Å²) < 4.78 is 1.81. The van der Waals surface area contributed by atoms with Gasteiger partial charge >= 0.3 is 0 Å². The molecule has 0 aliphatic heterocycles. The molecule has 1 N–H and O–H groups in total. The molecule has 17 heavy (non-hydrogen) atoms. The predicted molar refractivity (Wildman–Crippen MR) is 84.2 cm³/mol. The molecule has 1 aromatic rings. The van der Waals surface area contributed by atoms with Gasteiger partial charge in [0.25, 0.3) is 5.91 Å². The summed E-state index contributed by atoms with van der Waals surface area (Å²) in [4.78, 5) is 12.2. The first-order valence-corrected chi connectivity index (χ1v) is 8.59. The molecule has 0 radical (unpaired) electrons. The number of rotatable bonds is 5. The molecule has 1 unspecified atom stereocenters. The number of alkyl halides is 1. The molecule has 1 atom stereocenters. The Morgan fingerprint density at radius 1 is 1.47 bits per heavy atom. The highest BCUT2D eigenvalue weighted by atomic mass is 79.9. The van der Waals surface area contributed by atoms with E-state index in [-0.39, 0.29) is 5.91 Å². The Bertz CT molecular complexity index is 392. The van der Waals surface area contributed by atoms with E-state index < -0.39 is 0 Å². The van der Waals surface area contributed by atoms with E-state index in [0.29, 0.717) is 22.9 Å². The van der Waals surface area contributed by atoms with Gasteiger partial charge in [-0.2, -0.15) is 0 Å². The van der Waals surface area contributed by atoms with Crippen LogP contribution < -0.4 is 5.32 Å². The minimum absolute atomic E-state index is 0.0352. The van der Waals surface area contributed by atoms with E-state index in [2.05, 4.69) is 67.0 Å². The number of amides is 1. The average molecular weight is 448 g/mol. The highest BCUT2D eigenvalue weighted by Gasteiger charge is 2.15. The lowest BCUT2D eigenvalue weighted by atomic mass is 10.1. The molecule has 0 bridgehead atoms. The molecule has 0 aromatic carbocycles. The van der Waals surface area contributed by atoms with E-state index in [0.717, 1.165) is 14.0 Å². The van der Waals surface area contributed by atoms with Crippen LogP contribution in [0.1, 0.15) is 30.6 Å². The summed E-state index contributed by atoms with van der Waals surface area (Å²) in [5, 5.41) is 2.93. The molecule has 0 saturated heterocycles. The molecule has 0 spiro atoms. The van der Waals surface area contributed by atoms with Gasteiger partial charge in [0.1, 0.15) is 0 Å². The molecule has 2 nitrogen and oxygen atoms in total. The van der Waals surface area contributed by atoms with E-state index in [1.165, 1.54) is 11.3 Å². The predicted octanol–water partition coefficient (Wildman–Crippen LogP) is 4.81. The first kappa shape index (κ1) is 15.7. The third kappa shape index (κ3) is 5.41. The van der Waals surface area contributed by atoms with Crippen LogP contribution in [0.25, 0.3) is 0 Å². The standard InChI is InChI=1S/C11H14Br3NOS/c1-6(2)3-7(12)5-15-11(16)8-4-9(13)17-10(8)14/h4,6-7H,3,5H2,1-2H3,(H,15,16). The van der Waals surface area contributed by atoms with Gasteiger partial charge in [-0.1, -0.05) is 29.8 Å². The second-order valence-corrected chi connectivity index (χ2v) is 9.22. The van der Waals surface area contributed by atoms with Gasteiger partial charge in [0.05, 0.1) is 13.1 Å². The molecule has 0 saturated carbocycles. The SMILES string of the molecule is CC(C)CC(Br)CNC(=O)c1cc(Br)sc1Br. The molecule has 0 aliphatic carbocycles. The van der Waals surface area contributed by atoms with Gasteiger partial charge in [0, 0.05) is 11.4 Å². The lowest BCUT2D eigenvalue weighted by molar-refractivity contribution is 0.0953. The summed E-state index contributed by atoms with van der Waals surface area (Å²) in [6.07, 6.45) is 1.05. The number of nitrogens with one attached hydrogen (secondary N) is 1. The zero-order valence-corrected chi connectivity index (χ0v) is 15.2. The second kappa shape index (κ2) is 7.26. The maximum absolute atomic E-state index is 11.9. The fourth-order valence-corrected chi connectivity index (χ4v) is 5.09. The van der Waals surface area contributed by atoms with Crippen LogP contribution in [0, 0.1) is 5.92 Å². The number of halogens is 3. The van der Waals surface area contributed by atoms with Crippen molar-refractivity contribution in [1.82, 2.24) is 5.32 Å². The maximum Gasteiger partial charge on any atom is 0.253 e. The largest absolute Gasteiger partial charge is 0.351 e. The molecule has 0 fully saturated rings. The van der Waals surface area contributed by atoms with Crippen molar-refractivity contribution in [3.05, 3.63) is 19.2 Å². The van der Waals surface area contributed by atoms with Crippen LogP contribution in [0.15, 0.2) is 13.6 Å². The van der Waals surface area contributed by atoms with Gasteiger partial charge < -0.3 is 5.32 Å². The fourth-order valence-electron chi connectivity index (χ4n) is 1.39. The van der Waals surface area contributed by atoms with Crippen molar-refractivity contribution in [3.63, 3.8) is 0 Å². The van der Waals surface area contributed by atoms with Crippen molar-refractivity contribution in [1.29, 1.82) is 0 Å². The van der Waals surface area contributed by atoms with Gasteiger partial charge in [0.2, 0.25) is 0 Å². The number of hydrogen-bond acceptors (Lipinski definition) is 2. The Kier molecular flexibility index (Phi) is 6.69. The second-order valence-electron chi connectivity index (χ2n) is 4.17. The van der Waals surface area contributed by atoms with E-state index >= 15 is 0 Å². The molecule has 1 aromatic heterocycles. The number of carbonyl (C=O) groups is 1. The third-order valence-electron chi connectivity index (χ3n) is 2.11. The van der Waals surface area contributed by atoms with Crippen LogP contribution in [0.5, 0.6) is 0 Å². The van der Waals surface area contributed by atoms with E-state index in [4.69, 9.17) is 0 Å². The maximum atomic E-state index is 11.9. The van der Waals surface area contributed by atoms with Crippen molar-refractivity contribution in [3.8, 4) is 0 Å². The van der Waals surface area contributed by atoms with Crippen molar-refractivity contribution in [2.45, 2.75) is 25.1 Å². The van der Waals surface area contributed by atoms with Crippen molar-refractivity contribution in [2.75, 3.05) is 6.54 Å². The molecular weight excluding hydrogens is 434 g/mol. The summed E-state index contributed by atoms with van der Waals surface area (Å²) in [6.45, 7) is 4.99. The van der Waals surface area contributed by atoms with Crippen LogP contribution >= 0.6 is 59.1 Å². The Morgan fingerprint density at radius 2 is 2.12 bits per heavy atom. The minimum atomic E-state index is -0.0352. The fraction of sp³-hybridized carbons (Fsp3) is 0.545. The monoisotopic (exact) mass is 445 g/mol. The average Bonchev–Trinajstić information content (AvgIpc) is 2.53.